The second kappa shape index (κ2) is 5.41. The van der Waals surface area contributed by atoms with Crippen LogP contribution in [0, 0.1) is 6.92 Å². The van der Waals surface area contributed by atoms with E-state index in [1.54, 1.807) is 6.33 Å². The van der Waals surface area contributed by atoms with Gasteiger partial charge in [0.2, 0.25) is 0 Å². The molecule has 0 spiro atoms. The largest absolute Gasteiger partial charge is 0.240 e. The van der Waals surface area contributed by atoms with Gasteiger partial charge in [0.1, 0.15) is 6.33 Å². The number of hydrogen-bond acceptors (Lipinski definition) is 2. The van der Waals surface area contributed by atoms with Crippen LogP contribution in [0.1, 0.15) is 29.3 Å². The fraction of sp³-hybridized carbons (Fsp3) is 0.222. The Hall–Kier alpha value is -2.22. The van der Waals surface area contributed by atoms with Gasteiger partial charge < -0.3 is 0 Å². The average molecular weight is 262 g/mol. The lowest BCUT2D eigenvalue weighted by Crippen LogP contribution is -1.99. The number of rotatable bonds is 3. The van der Waals surface area contributed by atoms with Gasteiger partial charge in [-0.3, -0.25) is 0 Å². The molecule has 0 atom stereocenters. The summed E-state index contributed by atoms with van der Waals surface area (Å²) >= 11 is 0. The number of nitrogens with zero attached hydrogens (tertiary/aromatic N) is 2. The number of aryl methyl sites for hydroxylation is 2. The molecule has 2 nitrogen and oxygen atoms in total. The number of fused-ring (bicyclic) bond motifs is 1. The van der Waals surface area contributed by atoms with Gasteiger partial charge in [-0.2, -0.15) is 0 Å². The molecule has 0 unspecified atom stereocenters. The van der Waals surface area contributed by atoms with Crippen LogP contribution in [0.2, 0.25) is 0 Å². The third kappa shape index (κ3) is 2.42. The zero-order valence-corrected chi connectivity index (χ0v) is 11.9. The number of aromatic nitrogens is 2. The van der Waals surface area contributed by atoms with Gasteiger partial charge in [-0.15, -0.1) is 0 Å². The first-order chi connectivity index (χ1) is 9.78. The lowest BCUT2D eigenvalue weighted by atomic mass is 9.99. The molecule has 0 aliphatic rings. The molecule has 0 radical (unpaired) electrons. The van der Waals surface area contributed by atoms with Crippen LogP contribution >= 0.6 is 0 Å². The van der Waals surface area contributed by atoms with Gasteiger partial charge in [-0.25, -0.2) is 9.97 Å². The van der Waals surface area contributed by atoms with Crippen molar-refractivity contribution in [2.24, 2.45) is 0 Å². The first kappa shape index (κ1) is 12.8. The molecule has 0 saturated carbocycles. The van der Waals surface area contributed by atoms with E-state index in [4.69, 9.17) is 0 Å². The van der Waals surface area contributed by atoms with E-state index in [1.807, 2.05) is 0 Å². The summed E-state index contributed by atoms with van der Waals surface area (Å²) in [7, 11) is 0. The first-order valence-corrected chi connectivity index (χ1v) is 7.05. The highest BCUT2D eigenvalue weighted by Gasteiger charge is 2.07. The molecule has 2 heteroatoms. The second-order valence-electron chi connectivity index (χ2n) is 5.14. The van der Waals surface area contributed by atoms with Crippen LogP contribution in [0.5, 0.6) is 0 Å². The smallest absolute Gasteiger partial charge is 0.116 e. The van der Waals surface area contributed by atoms with Gasteiger partial charge in [0.15, 0.2) is 0 Å². The molecule has 100 valence electrons. The van der Waals surface area contributed by atoms with Crippen molar-refractivity contribution < 1.29 is 0 Å². The van der Waals surface area contributed by atoms with Crippen LogP contribution < -0.4 is 0 Å². The topological polar surface area (TPSA) is 25.8 Å². The van der Waals surface area contributed by atoms with Crippen LogP contribution in [0.15, 0.2) is 48.8 Å². The zero-order valence-electron chi connectivity index (χ0n) is 11.9. The number of benzene rings is 2. The fourth-order valence-electron chi connectivity index (χ4n) is 2.62. The number of hydrogen-bond donors (Lipinski definition) is 0. The van der Waals surface area contributed by atoms with Crippen molar-refractivity contribution >= 4 is 10.9 Å². The van der Waals surface area contributed by atoms with Crippen LogP contribution in [-0.2, 0) is 12.8 Å². The average Bonchev–Trinajstić information content (AvgIpc) is 2.48. The van der Waals surface area contributed by atoms with Gasteiger partial charge in [0.05, 0.1) is 11.2 Å². The molecule has 0 N–H and O–H groups in total. The van der Waals surface area contributed by atoms with Crippen molar-refractivity contribution in [1.29, 1.82) is 0 Å². The lowest BCUT2D eigenvalue weighted by molar-refractivity contribution is 1.02. The molecule has 2 aromatic carbocycles. The van der Waals surface area contributed by atoms with Crippen molar-refractivity contribution in [2.75, 3.05) is 0 Å². The molecule has 3 aromatic rings. The van der Waals surface area contributed by atoms with E-state index in [9.17, 15) is 0 Å². The Morgan fingerprint density at radius 3 is 2.55 bits per heavy atom. The predicted octanol–water partition coefficient (Wildman–Crippen LogP) is 4.09. The van der Waals surface area contributed by atoms with Crippen LogP contribution in [0.3, 0.4) is 0 Å². The predicted molar refractivity (Wildman–Crippen MR) is 82.9 cm³/mol. The molecule has 1 heterocycles. The summed E-state index contributed by atoms with van der Waals surface area (Å²) in [6, 6.07) is 14.9. The molecule has 20 heavy (non-hydrogen) atoms. The van der Waals surface area contributed by atoms with Gasteiger partial charge >= 0.3 is 0 Å². The Labute approximate surface area is 119 Å². The van der Waals surface area contributed by atoms with Gasteiger partial charge in [0.25, 0.3) is 0 Å². The van der Waals surface area contributed by atoms with Crippen molar-refractivity contribution in [2.45, 2.75) is 26.7 Å². The van der Waals surface area contributed by atoms with E-state index in [2.05, 4.69) is 66.3 Å². The molecule has 0 saturated heterocycles. The maximum absolute atomic E-state index is 4.51. The first-order valence-electron chi connectivity index (χ1n) is 7.05. The minimum absolute atomic E-state index is 0.868. The molecular formula is C18H18N2. The summed E-state index contributed by atoms with van der Waals surface area (Å²) in [6.07, 6.45) is 3.59. The van der Waals surface area contributed by atoms with Crippen molar-refractivity contribution in [3.8, 4) is 0 Å². The third-order valence-electron chi connectivity index (χ3n) is 3.73. The maximum atomic E-state index is 4.51. The summed E-state index contributed by atoms with van der Waals surface area (Å²) in [5.74, 6) is 0. The minimum atomic E-state index is 0.868. The second-order valence-corrected chi connectivity index (χ2v) is 5.14. The van der Waals surface area contributed by atoms with Gasteiger partial charge in [0, 0.05) is 11.8 Å². The Morgan fingerprint density at radius 1 is 0.950 bits per heavy atom. The molecule has 0 amide bonds. The van der Waals surface area contributed by atoms with Crippen molar-refractivity contribution in [3.63, 3.8) is 0 Å². The highest BCUT2D eigenvalue weighted by Crippen LogP contribution is 2.21. The normalized spacial score (nSPS) is 10.9. The molecular weight excluding hydrogens is 244 g/mol. The van der Waals surface area contributed by atoms with Crippen molar-refractivity contribution in [1.82, 2.24) is 9.97 Å². The summed E-state index contributed by atoms with van der Waals surface area (Å²) < 4.78 is 0. The zero-order chi connectivity index (χ0) is 13.9. The molecule has 0 bridgehead atoms. The molecule has 0 aliphatic heterocycles. The van der Waals surface area contributed by atoms with E-state index in [0.717, 1.165) is 24.1 Å². The fourth-order valence-corrected chi connectivity index (χ4v) is 2.62. The SMILES string of the molecule is CCc1ccccc1Cc1ncnc2ccc(C)cc12. The lowest BCUT2D eigenvalue weighted by Gasteiger charge is -2.09. The standard InChI is InChI=1S/C18H18N2/c1-3-14-6-4-5-7-15(14)11-18-16-10-13(2)8-9-17(16)19-12-20-18/h4-10,12H,3,11H2,1-2H3. The van der Waals surface area contributed by atoms with Crippen molar-refractivity contribution in [3.05, 3.63) is 71.2 Å². The highest BCUT2D eigenvalue weighted by molar-refractivity contribution is 5.81. The maximum Gasteiger partial charge on any atom is 0.116 e. The van der Waals surface area contributed by atoms with Crippen LogP contribution in [-0.4, -0.2) is 9.97 Å². The Bertz CT molecular complexity index is 747. The Morgan fingerprint density at radius 2 is 1.75 bits per heavy atom. The third-order valence-corrected chi connectivity index (χ3v) is 3.73. The van der Waals surface area contributed by atoms with Gasteiger partial charge in [-0.05, 0) is 36.6 Å². The van der Waals surface area contributed by atoms with Gasteiger partial charge in [-0.1, -0.05) is 42.8 Å². The molecule has 0 fully saturated rings. The quantitative estimate of drug-likeness (QED) is 0.710. The van der Waals surface area contributed by atoms with E-state index < -0.39 is 0 Å². The van der Waals surface area contributed by atoms with Crippen LogP contribution in [0.25, 0.3) is 10.9 Å². The van der Waals surface area contributed by atoms with Crippen LogP contribution in [0.4, 0.5) is 0 Å². The van der Waals surface area contributed by atoms with E-state index in [0.29, 0.717) is 0 Å². The highest BCUT2D eigenvalue weighted by atomic mass is 14.8. The summed E-state index contributed by atoms with van der Waals surface area (Å²) in [5, 5.41) is 1.17. The monoisotopic (exact) mass is 262 g/mol. The Kier molecular flexibility index (Phi) is 3.46. The van der Waals surface area contributed by atoms with E-state index in [1.165, 1.54) is 22.1 Å². The molecule has 3 rings (SSSR count). The molecule has 0 aliphatic carbocycles. The molecule has 1 aromatic heterocycles. The summed E-state index contributed by atoms with van der Waals surface area (Å²) in [5.41, 5.74) is 6.13. The minimum Gasteiger partial charge on any atom is -0.240 e. The van der Waals surface area contributed by atoms with E-state index in [-0.39, 0.29) is 0 Å². The Balaban J connectivity index is 2.08. The summed E-state index contributed by atoms with van der Waals surface area (Å²) in [4.78, 5) is 8.86. The summed E-state index contributed by atoms with van der Waals surface area (Å²) in [6.45, 7) is 4.30. The van der Waals surface area contributed by atoms with E-state index >= 15 is 0 Å².